The van der Waals surface area contributed by atoms with E-state index in [-0.39, 0.29) is 5.57 Å². The molecule has 1 aliphatic rings. The lowest BCUT2D eigenvalue weighted by molar-refractivity contribution is -0.122. The van der Waals surface area contributed by atoms with Crippen LogP contribution in [-0.2, 0) is 16.1 Å². The van der Waals surface area contributed by atoms with Gasteiger partial charge in [-0.05, 0) is 60.4 Å². The number of nitrogens with one attached hydrogen (secondary N) is 1. The fourth-order valence-electron chi connectivity index (χ4n) is 3.81. The van der Waals surface area contributed by atoms with Gasteiger partial charge in [-0.15, -0.1) is 0 Å². The van der Waals surface area contributed by atoms with Gasteiger partial charge in [0.1, 0.15) is 17.9 Å². The lowest BCUT2D eigenvalue weighted by Crippen LogP contribution is -2.54. The second-order valence-corrected chi connectivity index (χ2v) is 8.67. The third-order valence-electron chi connectivity index (χ3n) is 6.02. The minimum Gasteiger partial charge on any atom is -0.490 e. The Bertz CT molecular complexity index is 1280. The minimum absolute atomic E-state index is 0.123. The van der Waals surface area contributed by atoms with Gasteiger partial charge in [0.05, 0.1) is 17.3 Å². The molecule has 1 aromatic heterocycles. The van der Waals surface area contributed by atoms with Gasteiger partial charge < -0.3 is 9.30 Å². The van der Waals surface area contributed by atoms with Gasteiger partial charge in [-0.3, -0.25) is 14.9 Å². The highest BCUT2D eigenvalue weighted by atomic mass is 35.5. The Hall–Kier alpha value is -3.84. The number of amides is 4. The molecule has 1 aliphatic heterocycles. The second kappa shape index (κ2) is 10.6. The van der Waals surface area contributed by atoms with E-state index in [2.05, 4.69) is 19.2 Å². The summed E-state index contributed by atoms with van der Waals surface area (Å²) in [6, 6.07) is 17.3. The van der Waals surface area contributed by atoms with E-state index in [0.717, 1.165) is 16.9 Å². The number of ether oxygens (including phenoxy) is 1. The summed E-state index contributed by atoms with van der Waals surface area (Å²) in [6.45, 7) is 5.01. The first-order valence-electron chi connectivity index (χ1n) is 11.4. The van der Waals surface area contributed by atoms with Gasteiger partial charge in [-0.2, -0.15) is 0 Å². The molecule has 35 heavy (non-hydrogen) atoms. The fraction of sp³-hybridized carbons (Fsp3) is 0.222. The standard InChI is InChI=1S/C27H26ClN3O4/c1-3-18(2)19-10-12-20(13-11-19)31-26(33)22(25(32)29-27(31)34)17-21-7-6-14-30(21)15-16-35-24-9-5-4-8-23(24)28/h4-14,17-18H,3,15-16H2,1-2H3,(H,29,32,34)/b22-17+/t18-/m1/s1. The predicted molar refractivity (Wildman–Crippen MR) is 136 cm³/mol. The van der Waals surface area contributed by atoms with E-state index < -0.39 is 17.8 Å². The first-order chi connectivity index (χ1) is 16.9. The number of urea groups is 1. The van der Waals surface area contributed by atoms with Crippen LogP contribution in [0.1, 0.15) is 37.4 Å². The van der Waals surface area contributed by atoms with Crippen molar-refractivity contribution in [2.45, 2.75) is 32.7 Å². The molecule has 0 saturated carbocycles. The quantitative estimate of drug-likeness (QED) is 0.338. The molecule has 4 rings (SSSR count). The second-order valence-electron chi connectivity index (χ2n) is 8.26. The van der Waals surface area contributed by atoms with Crippen LogP contribution in [0.5, 0.6) is 5.75 Å². The molecular formula is C27H26ClN3O4. The smallest absolute Gasteiger partial charge is 0.335 e. The Morgan fingerprint density at radius 3 is 2.49 bits per heavy atom. The van der Waals surface area contributed by atoms with Crippen molar-refractivity contribution in [1.82, 2.24) is 9.88 Å². The Kier molecular flexibility index (Phi) is 7.36. The summed E-state index contributed by atoms with van der Waals surface area (Å²) in [6.07, 6.45) is 4.29. The molecule has 2 aromatic carbocycles. The van der Waals surface area contributed by atoms with Gasteiger partial charge in [-0.25, -0.2) is 9.69 Å². The number of hydrogen-bond donors (Lipinski definition) is 1. The van der Waals surface area contributed by atoms with E-state index in [4.69, 9.17) is 16.3 Å². The summed E-state index contributed by atoms with van der Waals surface area (Å²) in [5.41, 5.74) is 2.03. The van der Waals surface area contributed by atoms with Gasteiger partial charge >= 0.3 is 6.03 Å². The van der Waals surface area contributed by atoms with Gasteiger partial charge in [-0.1, -0.05) is 49.7 Å². The van der Waals surface area contributed by atoms with Crippen LogP contribution in [0.25, 0.3) is 6.08 Å². The van der Waals surface area contributed by atoms with Crippen LogP contribution in [0.2, 0.25) is 5.02 Å². The van der Waals surface area contributed by atoms with Crippen molar-refractivity contribution in [1.29, 1.82) is 0 Å². The van der Waals surface area contributed by atoms with Crippen LogP contribution < -0.4 is 15.0 Å². The number of nitrogens with zero attached hydrogens (tertiary/aromatic N) is 2. The number of anilines is 1. The van der Waals surface area contributed by atoms with Gasteiger partial charge in [0.25, 0.3) is 11.8 Å². The van der Waals surface area contributed by atoms with Crippen molar-refractivity contribution in [2.75, 3.05) is 11.5 Å². The average molecular weight is 492 g/mol. The first kappa shape index (κ1) is 24.3. The molecule has 0 unspecified atom stereocenters. The van der Waals surface area contributed by atoms with E-state index in [0.29, 0.717) is 41.2 Å². The summed E-state index contributed by atoms with van der Waals surface area (Å²) in [5, 5.41) is 2.79. The zero-order chi connectivity index (χ0) is 24.9. The number of rotatable bonds is 8. The largest absolute Gasteiger partial charge is 0.490 e. The molecule has 0 radical (unpaired) electrons. The normalized spacial score (nSPS) is 15.9. The van der Waals surface area contributed by atoms with Crippen molar-refractivity contribution in [2.24, 2.45) is 0 Å². The predicted octanol–water partition coefficient (Wildman–Crippen LogP) is 5.40. The summed E-state index contributed by atoms with van der Waals surface area (Å²) in [7, 11) is 0. The van der Waals surface area contributed by atoms with Crippen molar-refractivity contribution in [3.05, 3.63) is 88.7 Å². The topological polar surface area (TPSA) is 80.6 Å². The third kappa shape index (κ3) is 5.30. The minimum atomic E-state index is -0.767. The molecule has 3 aromatic rings. The highest BCUT2D eigenvalue weighted by Crippen LogP contribution is 2.26. The molecule has 8 heteroatoms. The summed E-state index contributed by atoms with van der Waals surface area (Å²) in [4.78, 5) is 39.3. The molecule has 1 atom stereocenters. The number of carbonyl (C=O) groups excluding carboxylic acids is 3. The third-order valence-corrected chi connectivity index (χ3v) is 6.33. The van der Waals surface area contributed by atoms with Crippen molar-refractivity contribution in [3.8, 4) is 5.75 Å². The molecule has 1 fully saturated rings. The van der Waals surface area contributed by atoms with Gasteiger partial charge in [0.15, 0.2) is 0 Å². The van der Waals surface area contributed by atoms with Crippen molar-refractivity contribution >= 4 is 41.2 Å². The molecule has 1 N–H and O–H groups in total. The van der Waals surface area contributed by atoms with E-state index in [1.54, 1.807) is 30.3 Å². The lowest BCUT2D eigenvalue weighted by Gasteiger charge is -2.26. The van der Waals surface area contributed by atoms with Gasteiger partial charge in [0.2, 0.25) is 0 Å². The number of para-hydroxylation sites is 1. The molecule has 1 saturated heterocycles. The van der Waals surface area contributed by atoms with E-state index in [1.165, 1.54) is 6.08 Å². The molecule has 0 aliphatic carbocycles. The maximum atomic E-state index is 13.2. The lowest BCUT2D eigenvalue weighted by atomic mass is 9.98. The number of benzene rings is 2. The van der Waals surface area contributed by atoms with Crippen LogP contribution in [0.3, 0.4) is 0 Å². The molecule has 4 amide bonds. The Morgan fingerprint density at radius 2 is 1.77 bits per heavy atom. The number of barbiturate groups is 1. The van der Waals surface area contributed by atoms with Crippen LogP contribution in [0.4, 0.5) is 10.5 Å². The molecule has 180 valence electrons. The van der Waals surface area contributed by atoms with Crippen LogP contribution in [0.15, 0.2) is 72.4 Å². The van der Waals surface area contributed by atoms with Crippen LogP contribution >= 0.6 is 11.6 Å². The molecule has 7 nitrogen and oxygen atoms in total. The van der Waals surface area contributed by atoms with Crippen LogP contribution in [-0.4, -0.2) is 29.0 Å². The van der Waals surface area contributed by atoms with E-state index in [1.807, 2.05) is 41.1 Å². The van der Waals surface area contributed by atoms with E-state index in [9.17, 15) is 14.4 Å². The molecule has 0 bridgehead atoms. The number of halogens is 1. The maximum absolute atomic E-state index is 13.2. The average Bonchev–Trinajstić information content (AvgIpc) is 3.29. The number of aromatic nitrogens is 1. The molecular weight excluding hydrogens is 466 g/mol. The SMILES string of the molecule is CC[C@@H](C)c1ccc(N2C(=O)NC(=O)/C(=C\c3cccn3CCOc3ccccc3Cl)C2=O)cc1. The summed E-state index contributed by atoms with van der Waals surface area (Å²) < 4.78 is 7.60. The fourth-order valence-corrected chi connectivity index (χ4v) is 4.00. The van der Waals surface area contributed by atoms with Crippen molar-refractivity contribution < 1.29 is 19.1 Å². The Balaban J connectivity index is 1.53. The summed E-state index contributed by atoms with van der Waals surface area (Å²) in [5.74, 6) is -0.458. The zero-order valence-corrected chi connectivity index (χ0v) is 20.3. The zero-order valence-electron chi connectivity index (χ0n) is 19.5. The Labute approximate surface area is 208 Å². The molecule has 2 heterocycles. The van der Waals surface area contributed by atoms with E-state index >= 15 is 0 Å². The number of hydrogen-bond acceptors (Lipinski definition) is 4. The Morgan fingerprint density at radius 1 is 1.03 bits per heavy atom. The maximum Gasteiger partial charge on any atom is 0.335 e. The highest BCUT2D eigenvalue weighted by Gasteiger charge is 2.37. The van der Waals surface area contributed by atoms with Crippen molar-refractivity contribution in [3.63, 3.8) is 0 Å². The van der Waals surface area contributed by atoms with Gasteiger partial charge in [0, 0.05) is 11.9 Å². The number of carbonyl (C=O) groups is 3. The summed E-state index contributed by atoms with van der Waals surface area (Å²) >= 11 is 6.13. The monoisotopic (exact) mass is 491 g/mol. The highest BCUT2D eigenvalue weighted by molar-refractivity contribution is 6.39. The van der Waals surface area contributed by atoms with Crippen LogP contribution in [0, 0.1) is 0 Å². The number of imide groups is 2. The molecule has 0 spiro atoms. The first-order valence-corrected chi connectivity index (χ1v) is 11.8.